The van der Waals surface area contributed by atoms with Crippen molar-refractivity contribution < 1.29 is 23.5 Å². The molecule has 0 bridgehead atoms. The first-order valence-corrected chi connectivity index (χ1v) is 9.14. The molecule has 0 fully saturated rings. The fourth-order valence-electron chi connectivity index (χ4n) is 2.25. The van der Waals surface area contributed by atoms with Gasteiger partial charge in [0.25, 0.3) is 0 Å². The molecule has 0 aliphatic heterocycles. The minimum Gasteiger partial charge on any atom is -0.488 e. The van der Waals surface area contributed by atoms with Crippen LogP contribution in [0.2, 0.25) is 4.34 Å². The Morgan fingerprint density at radius 1 is 1.00 bits per heavy atom. The molecular formula is C20H14ClFO4S. The number of carbonyl (C=O) groups excluding carboxylic acids is 2. The Morgan fingerprint density at radius 3 is 2.44 bits per heavy atom. The van der Waals surface area contributed by atoms with E-state index in [-0.39, 0.29) is 30.4 Å². The van der Waals surface area contributed by atoms with Gasteiger partial charge in [-0.1, -0.05) is 35.9 Å². The zero-order valence-corrected chi connectivity index (χ0v) is 15.6. The number of carbonyl (C=O) groups is 2. The molecule has 3 rings (SSSR count). The fourth-order valence-corrected chi connectivity index (χ4v) is 3.21. The molecule has 1 aromatic heterocycles. The van der Waals surface area contributed by atoms with Crippen LogP contribution >= 0.6 is 22.9 Å². The average molecular weight is 405 g/mol. The van der Waals surface area contributed by atoms with Crippen molar-refractivity contribution in [2.24, 2.45) is 0 Å². The molecule has 3 aromatic rings. The van der Waals surface area contributed by atoms with Crippen molar-refractivity contribution in [2.45, 2.75) is 6.61 Å². The Bertz CT molecular complexity index is 953. The highest BCUT2D eigenvalue weighted by Crippen LogP contribution is 2.23. The van der Waals surface area contributed by atoms with Crippen LogP contribution in [0.1, 0.15) is 25.6 Å². The van der Waals surface area contributed by atoms with Gasteiger partial charge in [0.05, 0.1) is 9.21 Å². The van der Waals surface area contributed by atoms with Crippen molar-refractivity contribution in [1.82, 2.24) is 0 Å². The SMILES string of the molecule is O=C(COC(=O)c1ccccc1OCc1ccc(F)cc1)c1ccc(Cl)s1. The van der Waals surface area contributed by atoms with Crippen molar-refractivity contribution in [3.05, 3.63) is 86.8 Å². The second-order valence-electron chi connectivity index (χ2n) is 5.51. The molecular weight excluding hydrogens is 391 g/mol. The first kappa shape index (κ1) is 19.1. The van der Waals surface area contributed by atoms with E-state index in [9.17, 15) is 14.0 Å². The molecule has 0 aliphatic rings. The predicted octanol–water partition coefficient (Wildman–Crippen LogP) is 5.16. The largest absolute Gasteiger partial charge is 0.488 e. The monoisotopic (exact) mass is 404 g/mol. The standard InChI is InChI=1S/C20H14ClFO4S/c21-19-10-9-18(27-19)16(23)12-26-20(24)15-3-1-2-4-17(15)25-11-13-5-7-14(22)8-6-13/h1-10H,11-12H2. The summed E-state index contributed by atoms with van der Waals surface area (Å²) in [5.74, 6) is -1.01. The molecule has 0 N–H and O–H groups in total. The summed E-state index contributed by atoms with van der Waals surface area (Å²) in [5, 5.41) is 0. The van der Waals surface area contributed by atoms with Gasteiger partial charge >= 0.3 is 5.97 Å². The van der Waals surface area contributed by atoms with E-state index in [0.717, 1.165) is 16.9 Å². The van der Waals surface area contributed by atoms with Crippen LogP contribution in [-0.2, 0) is 11.3 Å². The quantitative estimate of drug-likeness (QED) is 0.403. The summed E-state index contributed by atoms with van der Waals surface area (Å²) in [6, 6.07) is 15.6. The van der Waals surface area contributed by atoms with Crippen molar-refractivity contribution in [3.8, 4) is 5.75 Å². The molecule has 138 valence electrons. The minimum atomic E-state index is -0.666. The Balaban J connectivity index is 1.62. The maximum absolute atomic E-state index is 13.0. The number of esters is 1. The normalized spacial score (nSPS) is 10.4. The van der Waals surface area contributed by atoms with Crippen LogP contribution < -0.4 is 4.74 Å². The van der Waals surface area contributed by atoms with E-state index < -0.39 is 5.97 Å². The van der Waals surface area contributed by atoms with Crippen LogP contribution in [0, 0.1) is 5.82 Å². The average Bonchev–Trinajstić information content (AvgIpc) is 3.12. The number of hydrogen-bond donors (Lipinski definition) is 0. The Morgan fingerprint density at radius 2 is 1.74 bits per heavy atom. The van der Waals surface area contributed by atoms with Crippen LogP contribution in [0.5, 0.6) is 5.75 Å². The molecule has 4 nitrogen and oxygen atoms in total. The Kier molecular flexibility index (Phi) is 6.21. The molecule has 0 atom stereocenters. The van der Waals surface area contributed by atoms with Gasteiger partial charge in [0.15, 0.2) is 6.61 Å². The fraction of sp³-hybridized carbons (Fsp3) is 0.100. The lowest BCUT2D eigenvalue weighted by Crippen LogP contribution is -2.14. The minimum absolute atomic E-state index is 0.164. The number of thiophene rings is 1. The summed E-state index contributed by atoms with van der Waals surface area (Å²) in [4.78, 5) is 24.8. The highest BCUT2D eigenvalue weighted by molar-refractivity contribution is 7.18. The van der Waals surface area contributed by atoms with Gasteiger partial charge in [-0.25, -0.2) is 9.18 Å². The van der Waals surface area contributed by atoms with Gasteiger partial charge in [-0.2, -0.15) is 0 Å². The van der Waals surface area contributed by atoms with Gasteiger partial charge in [-0.3, -0.25) is 4.79 Å². The zero-order valence-electron chi connectivity index (χ0n) is 14.0. The summed E-state index contributed by atoms with van der Waals surface area (Å²) in [7, 11) is 0. The number of halogens is 2. The lowest BCUT2D eigenvalue weighted by Gasteiger charge is -2.11. The van der Waals surface area contributed by atoms with Crippen LogP contribution in [0.25, 0.3) is 0 Å². The summed E-state index contributed by atoms with van der Waals surface area (Å²) in [6.07, 6.45) is 0. The molecule has 0 spiro atoms. The lowest BCUT2D eigenvalue weighted by atomic mass is 10.2. The zero-order chi connectivity index (χ0) is 19.2. The molecule has 1 heterocycles. The summed E-state index contributed by atoms with van der Waals surface area (Å²) < 4.78 is 24.2. The predicted molar refractivity (Wildman–Crippen MR) is 101 cm³/mol. The van der Waals surface area contributed by atoms with Crippen LogP contribution in [0.4, 0.5) is 4.39 Å². The van der Waals surface area contributed by atoms with Gasteiger partial charge in [-0.15, -0.1) is 11.3 Å². The molecule has 0 unspecified atom stereocenters. The summed E-state index contributed by atoms with van der Waals surface area (Å²) in [5.41, 5.74) is 0.959. The molecule has 2 aromatic carbocycles. The molecule has 27 heavy (non-hydrogen) atoms. The maximum atomic E-state index is 13.0. The summed E-state index contributed by atoms with van der Waals surface area (Å²) in [6.45, 7) is -0.223. The first-order valence-electron chi connectivity index (χ1n) is 7.95. The number of para-hydroxylation sites is 1. The third-order valence-corrected chi connectivity index (χ3v) is 4.87. The van der Waals surface area contributed by atoms with Crippen LogP contribution in [0.3, 0.4) is 0 Å². The second-order valence-corrected chi connectivity index (χ2v) is 7.23. The molecule has 0 saturated carbocycles. The van der Waals surface area contributed by atoms with Crippen molar-refractivity contribution in [1.29, 1.82) is 0 Å². The highest BCUT2D eigenvalue weighted by Gasteiger charge is 2.17. The number of ketones is 1. The lowest BCUT2D eigenvalue weighted by molar-refractivity contribution is 0.0471. The second kappa shape index (κ2) is 8.79. The van der Waals surface area contributed by atoms with Crippen molar-refractivity contribution in [2.75, 3.05) is 6.61 Å². The van der Waals surface area contributed by atoms with Crippen molar-refractivity contribution >= 4 is 34.7 Å². The van der Waals surface area contributed by atoms with Crippen LogP contribution in [0.15, 0.2) is 60.7 Å². The Labute approximate surface area is 164 Å². The topological polar surface area (TPSA) is 52.6 Å². The van der Waals surface area contributed by atoms with Crippen LogP contribution in [-0.4, -0.2) is 18.4 Å². The molecule has 0 amide bonds. The molecule has 7 heteroatoms. The Hall–Kier alpha value is -2.70. The number of Topliss-reactive ketones (excluding diaryl/α,β-unsaturated/α-hetero) is 1. The molecule has 0 radical (unpaired) electrons. The number of ether oxygens (including phenoxy) is 2. The van der Waals surface area contributed by atoms with E-state index in [2.05, 4.69) is 0 Å². The van der Waals surface area contributed by atoms with E-state index >= 15 is 0 Å². The van der Waals surface area contributed by atoms with E-state index in [4.69, 9.17) is 21.1 Å². The smallest absolute Gasteiger partial charge is 0.342 e. The molecule has 0 aliphatic carbocycles. The van der Waals surface area contributed by atoms with E-state index in [1.165, 1.54) is 12.1 Å². The third kappa shape index (κ3) is 5.15. The third-order valence-electron chi connectivity index (χ3n) is 3.60. The number of rotatable bonds is 7. The molecule has 0 saturated heterocycles. The van der Waals surface area contributed by atoms with Gasteiger partial charge in [0, 0.05) is 0 Å². The van der Waals surface area contributed by atoms with Gasteiger partial charge in [0.1, 0.15) is 23.7 Å². The van der Waals surface area contributed by atoms with Gasteiger partial charge in [-0.05, 0) is 42.0 Å². The van der Waals surface area contributed by atoms with E-state index in [1.807, 2.05) is 0 Å². The maximum Gasteiger partial charge on any atom is 0.342 e. The van der Waals surface area contributed by atoms with Crippen molar-refractivity contribution in [3.63, 3.8) is 0 Å². The van der Waals surface area contributed by atoms with E-state index in [1.54, 1.807) is 48.5 Å². The number of hydrogen-bond acceptors (Lipinski definition) is 5. The van der Waals surface area contributed by atoms with Gasteiger partial charge < -0.3 is 9.47 Å². The highest BCUT2D eigenvalue weighted by atomic mass is 35.5. The summed E-state index contributed by atoms with van der Waals surface area (Å²) >= 11 is 6.93. The number of benzene rings is 2. The van der Waals surface area contributed by atoms with Gasteiger partial charge in [0.2, 0.25) is 5.78 Å². The first-order chi connectivity index (χ1) is 13.0. The van der Waals surface area contributed by atoms with E-state index in [0.29, 0.717) is 15.0 Å².